The first-order chi connectivity index (χ1) is 12.0. The second-order valence-corrected chi connectivity index (χ2v) is 6.32. The molecule has 7 heteroatoms. The first-order valence-electron chi connectivity index (χ1n) is 8.44. The van der Waals surface area contributed by atoms with Crippen molar-refractivity contribution in [3.05, 3.63) is 42.2 Å². The number of pyridine rings is 1. The summed E-state index contributed by atoms with van der Waals surface area (Å²) in [6.45, 7) is 2.16. The van der Waals surface area contributed by atoms with Gasteiger partial charge in [0.1, 0.15) is 0 Å². The van der Waals surface area contributed by atoms with Crippen LogP contribution < -0.4 is 10.6 Å². The average Bonchev–Trinajstić information content (AvgIpc) is 3.25. The summed E-state index contributed by atoms with van der Waals surface area (Å²) in [5.41, 5.74) is -0.496. The fraction of sp³-hybridized carbons (Fsp3) is 0.444. The van der Waals surface area contributed by atoms with Crippen molar-refractivity contribution in [2.45, 2.75) is 31.5 Å². The van der Waals surface area contributed by atoms with Gasteiger partial charge >= 0.3 is 0 Å². The molecule has 2 atom stereocenters. The van der Waals surface area contributed by atoms with Crippen molar-refractivity contribution < 1.29 is 18.7 Å². The summed E-state index contributed by atoms with van der Waals surface area (Å²) in [6.07, 6.45) is 4.27. The minimum Gasteiger partial charge on any atom is -0.377 e. The minimum atomic E-state index is -1.96. The van der Waals surface area contributed by atoms with Gasteiger partial charge in [0, 0.05) is 36.9 Å². The normalized spacial score (nSPS) is 21.2. The molecule has 1 saturated heterocycles. The van der Waals surface area contributed by atoms with Crippen molar-refractivity contribution in [3.8, 4) is 0 Å². The summed E-state index contributed by atoms with van der Waals surface area (Å²) in [5, 5.41) is 5.47. The maximum absolute atomic E-state index is 14.4. The molecule has 2 aromatic heterocycles. The van der Waals surface area contributed by atoms with E-state index in [0.717, 1.165) is 5.52 Å². The number of hydrogen-bond donors (Lipinski definition) is 2. The van der Waals surface area contributed by atoms with E-state index < -0.39 is 11.6 Å². The van der Waals surface area contributed by atoms with E-state index in [1.807, 2.05) is 35.7 Å². The van der Waals surface area contributed by atoms with Gasteiger partial charge in [0.15, 0.2) is 0 Å². The topological polar surface area (TPSA) is 71.8 Å². The molecule has 0 spiro atoms. The van der Waals surface area contributed by atoms with Crippen LogP contribution in [-0.2, 0) is 9.53 Å². The van der Waals surface area contributed by atoms with Gasteiger partial charge in [0.05, 0.1) is 18.8 Å². The molecule has 0 saturated carbocycles. The van der Waals surface area contributed by atoms with E-state index in [-0.39, 0.29) is 38.1 Å². The van der Waals surface area contributed by atoms with Gasteiger partial charge in [-0.25, -0.2) is 4.39 Å². The molecule has 1 aliphatic rings. The molecule has 2 unspecified atom stereocenters. The predicted molar refractivity (Wildman–Crippen MR) is 91.2 cm³/mol. The summed E-state index contributed by atoms with van der Waals surface area (Å²) < 4.78 is 21.2. The second-order valence-electron chi connectivity index (χ2n) is 6.32. The quantitative estimate of drug-likeness (QED) is 0.835. The highest BCUT2D eigenvalue weighted by Gasteiger charge is 2.43. The highest BCUT2D eigenvalue weighted by Crippen LogP contribution is 2.23. The van der Waals surface area contributed by atoms with Gasteiger partial charge in [0.2, 0.25) is 5.67 Å². The number of carbonyl (C=O) groups is 2. The molecule has 0 radical (unpaired) electrons. The molecule has 0 aromatic carbocycles. The van der Waals surface area contributed by atoms with Crippen LogP contribution in [-0.4, -0.2) is 47.7 Å². The van der Waals surface area contributed by atoms with E-state index in [1.54, 1.807) is 12.3 Å². The smallest absolute Gasteiger partial charge is 0.260 e. The number of rotatable bonds is 6. The van der Waals surface area contributed by atoms with Crippen LogP contribution in [0.2, 0.25) is 0 Å². The Balaban J connectivity index is 1.56. The third kappa shape index (κ3) is 3.82. The van der Waals surface area contributed by atoms with Crippen molar-refractivity contribution in [1.82, 2.24) is 15.0 Å². The Hall–Kier alpha value is -2.41. The Labute approximate surface area is 145 Å². The molecular formula is C18H22FN3O3. The zero-order chi connectivity index (χ0) is 17.9. The van der Waals surface area contributed by atoms with Gasteiger partial charge in [-0.2, -0.15) is 0 Å². The Morgan fingerprint density at radius 2 is 2.28 bits per heavy atom. The number of ether oxygens (including phenoxy) is 1. The van der Waals surface area contributed by atoms with Gasteiger partial charge < -0.3 is 19.8 Å². The van der Waals surface area contributed by atoms with Crippen LogP contribution in [0.5, 0.6) is 0 Å². The lowest BCUT2D eigenvalue weighted by atomic mass is 10.0. The van der Waals surface area contributed by atoms with Crippen LogP contribution in [0.4, 0.5) is 4.39 Å². The highest BCUT2D eigenvalue weighted by molar-refractivity contribution is 5.95. The Morgan fingerprint density at radius 1 is 1.44 bits per heavy atom. The third-order valence-corrected chi connectivity index (χ3v) is 4.48. The van der Waals surface area contributed by atoms with E-state index >= 15 is 0 Å². The van der Waals surface area contributed by atoms with Crippen LogP contribution in [0.3, 0.4) is 0 Å². The molecule has 2 amide bonds. The second kappa shape index (κ2) is 7.23. The lowest BCUT2D eigenvalue weighted by molar-refractivity contribution is -0.133. The lowest BCUT2D eigenvalue weighted by Gasteiger charge is -2.22. The summed E-state index contributed by atoms with van der Waals surface area (Å²) in [6, 6.07) is 7.16. The van der Waals surface area contributed by atoms with Gasteiger partial charge in [-0.1, -0.05) is 13.0 Å². The zero-order valence-electron chi connectivity index (χ0n) is 14.1. The Kier molecular flexibility index (Phi) is 5.03. The maximum Gasteiger partial charge on any atom is 0.260 e. The average molecular weight is 347 g/mol. The van der Waals surface area contributed by atoms with Crippen molar-refractivity contribution in [3.63, 3.8) is 0 Å². The van der Waals surface area contributed by atoms with Crippen molar-refractivity contribution in [2.75, 3.05) is 19.8 Å². The summed E-state index contributed by atoms with van der Waals surface area (Å²) >= 11 is 0. The molecular weight excluding hydrogens is 325 g/mol. The number of halogens is 1. The summed E-state index contributed by atoms with van der Waals surface area (Å²) in [7, 11) is 0. The van der Waals surface area contributed by atoms with Crippen LogP contribution in [0.25, 0.3) is 5.52 Å². The number of alkyl halides is 1. The molecule has 1 aliphatic heterocycles. The molecule has 2 aromatic rings. The third-order valence-electron chi connectivity index (χ3n) is 4.48. The highest BCUT2D eigenvalue weighted by atomic mass is 19.1. The SMILES string of the molecule is CCC(CNC(=O)c1cc2ccccn2c1)NC(=O)C1(F)CCOC1. The van der Waals surface area contributed by atoms with Gasteiger partial charge in [0.25, 0.3) is 11.8 Å². The Bertz CT molecular complexity index is 735. The maximum atomic E-state index is 14.4. The molecule has 0 bridgehead atoms. The number of hydrogen-bond acceptors (Lipinski definition) is 3. The van der Waals surface area contributed by atoms with Crippen molar-refractivity contribution in [2.24, 2.45) is 0 Å². The minimum absolute atomic E-state index is 0.0684. The number of aromatic nitrogens is 1. The van der Waals surface area contributed by atoms with E-state index in [1.165, 1.54) is 0 Å². The van der Waals surface area contributed by atoms with Gasteiger partial charge in [-0.3, -0.25) is 9.59 Å². The molecule has 3 rings (SSSR count). The number of carbonyl (C=O) groups excluding carboxylic acids is 2. The fourth-order valence-corrected chi connectivity index (χ4v) is 2.83. The first kappa shape index (κ1) is 17.4. The molecule has 0 aliphatic carbocycles. The zero-order valence-corrected chi connectivity index (χ0v) is 14.1. The summed E-state index contributed by atoms with van der Waals surface area (Å²) in [5.74, 6) is -0.892. The van der Waals surface area contributed by atoms with Crippen LogP contribution >= 0.6 is 0 Å². The standard InChI is InChI=1S/C18H22FN3O3/c1-2-14(21-17(24)18(19)6-8-25-12-18)10-20-16(23)13-9-15-5-3-4-7-22(15)11-13/h3-5,7,9,11,14H,2,6,8,10,12H2,1H3,(H,20,23)(H,21,24). The van der Waals surface area contributed by atoms with E-state index in [4.69, 9.17) is 4.74 Å². The predicted octanol–water partition coefficient (Wildman–Crippen LogP) is 1.69. The Morgan fingerprint density at radius 3 is 2.96 bits per heavy atom. The van der Waals surface area contributed by atoms with Crippen LogP contribution in [0.1, 0.15) is 30.1 Å². The largest absolute Gasteiger partial charge is 0.377 e. The molecule has 1 fully saturated rings. The van der Waals surface area contributed by atoms with Crippen molar-refractivity contribution >= 4 is 17.3 Å². The number of nitrogens with zero attached hydrogens (tertiary/aromatic N) is 1. The molecule has 25 heavy (non-hydrogen) atoms. The van der Waals surface area contributed by atoms with E-state index in [0.29, 0.717) is 12.0 Å². The summed E-state index contributed by atoms with van der Waals surface area (Å²) in [4.78, 5) is 24.4. The molecule has 6 nitrogen and oxygen atoms in total. The molecule has 2 N–H and O–H groups in total. The molecule has 3 heterocycles. The van der Waals surface area contributed by atoms with Gasteiger partial charge in [-0.15, -0.1) is 0 Å². The molecule has 134 valence electrons. The monoisotopic (exact) mass is 347 g/mol. The van der Waals surface area contributed by atoms with E-state index in [9.17, 15) is 14.0 Å². The van der Waals surface area contributed by atoms with Crippen molar-refractivity contribution in [1.29, 1.82) is 0 Å². The lowest BCUT2D eigenvalue weighted by Crippen LogP contribution is -2.51. The van der Waals surface area contributed by atoms with Crippen LogP contribution in [0.15, 0.2) is 36.7 Å². The number of nitrogens with one attached hydrogen (secondary N) is 2. The van der Waals surface area contributed by atoms with E-state index in [2.05, 4.69) is 10.6 Å². The number of amides is 2. The van der Waals surface area contributed by atoms with Crippen LogP contribution in [0, 0.1) is 0 Å². The fourth-order valence-electron chi connectivity index (χ4n) is 2.83. The van der Waals surface area contributed by atoms with Gasteiger partial charge in [-0.05, 0) is 24.6 Å². The first-order valence-corrected chi connectivity index (χ1v) is 8.44. The number of fused-ring (bicyclic) bond motifs is 1.